The van der Waals surface area contributed by atoms with Crippen molar-refractivity contribution in [1.82, 2.24) is 30.0 Å². The van der Waals surface area contributed by atoms with Crippen LogP contribution in [0.2, 0.25) is 10.0 Å². The zero-order valence-electron chi connectivity index (χ0n) is 18.2. The number of tetrazole rings is 1. The fraction of sp³-hybridized carbons (Fsp3) is 0.0800. The Morgan fingerprint density at radius 2 is 1.74 bits per heavy atom. The van der Waals surface area contributed by atoms with E-state index in [9.17, 15) is 0 Å². The van der Waals surface area contributed by atoms with Crippen molar-refractivity contribution >= 4 is 35.0 Å². The molecule has 0 aliphatic heterocycles. The summed E-state index contributed by atoms with van der Waals surface area (Å²) in [5.41, 5.74) is 4.21. The lowest BCUT2D eigenvalue weighted by atomic mass is 10.1. The lowest BCUT2D eigenvalue weighted by Crippen LogP contribution is -2.04. The topological polar surface area (TPSA) is 85.2 Å². The first-order valence-corrected chi connectivity index (χ1v) is 12.3. The second kappa shape index (κ2) is 10.3. The van der Waals surface area contributed by atoms with Gasteiger partial charge in [-0.2, -0.15) is 15.2 Å². The molecule has 0 saturated carbocycles. The Labute approximate surface area is 215 Å². The smallest absolute Gasteiger partial charge is 0.209 e. The summed E-state index contributed by atoms with van der Waals surface area (Å²) in [6.45, 7) is 0.433. The molecule has 5 rings (SSSR count). The summed E-state index contributed by atoms with van der Waals surface area (Å²) in [7, 11) is 0. The van der Waals surface area contributed by atoms with Crippen molar-refractivity contribution in [2.45, 2.75) is 17.3 Å². The van der Waals surface area contributed by atoms with Crippen molar-refractivity contribution in [1.29, 1.82) is 5.26 Å². The van der Waals surface area contributed by atoms with Crippen LogP contribution in [0.15, 0.2) is 84.0 Å². The largest absolute Gasteiger partial charge is 0.225 e. The highest BCUT2D eigenvalue weighted by Crippen LogP contribution is 2.35. The van der Waals surface area contributed by atoms with E-state index >= 15 is 0 Å². The number of aromatic nitrogens is 6. The van der Waals surface area contributed by atoms with Gasteiger partial charge in [0.1, 0.15) is 5.03 Å². The van der Waals surface area contributed by atoms with Crippen LogP contribution >= 0.6 is 35.0 Å². The van der Waals surface area contributed by atoms with Crippen LogP contribution in [0.1, 0.15) is 16.7 Å². The van der Waals surface area contributed by atoms with Gasteiger partial charge in [0.05, 0.1) is 40.6 Å². The number of halogens is 2. The average molecular weight is 518 g/mol. The Balaban J connectivity index is 1.48. The van der Waals surface area contributed by atoms with Gasteiger partial charge < -0.3 is 0 Å². The maximum absolute atomic E-state index is 8.99. The Kier molecular flexibility index (Phi) is 6.82. The van der Waals surface area contributed by atoms with Gasteiger partial charge in [-0.05, 0) is 46.7 Å². The summed E-state index contributed by atoms with van der Waals surface area (Å²) in [5.74, 6) is 1.19. The standard InChI is InChI=1S/C25H17Cl2N7S/c26-20-10-11-23(22(27)12-20)34-25(35-16-19-4-2-1-3-5-19)21(14-29-34)24-30-32-33(31-24)15-18-8-6-17(13-28)7-9-18/h1-12,14H,15-16H2. The first-order chi connectivity index (χ1) is 17.1. The van der Waals surface area contributed by atoms with E-state index in [1.807, 2.05) is 36.4 Å². The minimum Gasteiger partial charge on any atom is -0.225 e. The number of benzene rings is 3. The molecule has 0 aliphatic rings. The predicted octanol–water partition coefficient (Wildman–Crippen LogP) is 6.04. The van der Waals surface area contributed by atoms with Crippen LogP contribution in [0.25, 0.3) is 17.1 Å². The lowest BCUT2D eigenvalue weighted by Gasteiger charge is -2.10. The van der Waals surface area contributed by atoms with Crippen LogP contribution in [-0.4, -0.2) is 30.0 Å². The molecule has 5 aromatic rings. The molecule has 0 atom stereocenters. The van der Waals surface area contributed by atoms with Gasteiger partial charge in [-0.15, -0.1) is 22.0 Å². The van der Waals surface area contributed by atoms with Crippen LogP contribution in [0, 0.1) is 11.3 Å². The molecule has 0 amide bonds. The molecule has 0 radical (unpaired) electrons. The molecule has 2 heterocycles. The fourth-order valence-corrected chi connectivity index (χ4v) is 5.00. The summed E-state index contributed by atoms with van der Waals surface area (Å²) in [5, 5.41) is 28.6. The lowest BCUT2D eigenvalue weighted by molar-refractivity contribution is 0.573. The molecule has 10 heteroatoms. The van der Waals surface area contributed by atoms with Gasteiger partial charge in [0.15, 0.2) is 0 Å². The Morgan fingerprint density at radius 3 is 2.49 bits per heavy atom. The molecule has 0 bridgehead atoms. The number of hydrogen-bond acceptors (Lipinski definition) is 6. The summed E-state index contributed by atoms with van der Waals surface area (Å²) >= 11 is 14.2. The van der Waals surface area contributed by atoms with E-state index in [0.717, 1.165) is 21.9 Å². The van der Waals surface area contributed by atoms with E-state index in [1.54, 1.807) is 46.9 Å². The van der Waals surface area contributed by atoms with Crippen molar-refractivity contribution in [3.05, 3.63) is 106 Å². The monoisotopic (exact) mass is 517 g/mol. The molecule has 0 N–H and O–H groups in total. The van der Waals surface area contributed by atoms with E-state index in [2.05, 4.69) is 38.7 Å². The van der Waals surface area contributed by atoms with Gasteiger partial charge in [0.2, 0.25) is 5.82 Å². The van der Waals surface area contributed by atoms with Gasteiger partial charge >= 0.3 is 0 Å². The van der Waals surface area contributed by atoms with E-state index in [1.165, 1.54) is 10.4 Å². The fourth-order valence-electron chi connectivity index (χ4n) is 3.45. The van der Waals surface area contributed by atoms with Gasteiger partial charge in [-0.1, -0.05) is 65.7 Å². The zero-order chi connectivity index (χ0) is 24.2. The molecule has 0 saturated heterocycles. The maximum atomic E-state index is 8.99. The number of rotatable bonds is 7. The normalized spacial score (nSPS) is 10.9. The molecule has 2 aromatic heterocycles. The van der Waals surface area contributed by atoms with Crippen LogP contribution in [-0.2, 0) is 12.3 Å². The Hall–Kier alpha value is -3.64. The maximum Gasteiger partial charge on any atom is 0.209 e. The molecule has 0 aliphatic carbocycles. The van der Waals surface area contributed by atoms with E-state index < -0.39 is 0 Å². The minimum absolute atomic E-state index is 0.433. The number of thioether (sulfide) groups is 1. The Bertz CT molecular complexity index is 1510. The molecule has 172 valence electrons. The summed E-state index contributed by atoms with van der Waals surface area (Å²) in [6.07, 6.45) is 1.72. The van der Waals surface area contributed by atoms with Crippen molar-refractivity contribution < 1.29 is 0 Å². The average Bonchev–Trinajstić information content (AvgIpc) is 3.51. The first kappa shape index (κ1) is 23.1. The van der Waals surface area contributed by atoms with E-state index in [4.69, 9.17) is 28.5 Å². The quantitative estimate of drug-likeness (QED) is 0.244. The predicted molar refractivity (Wildman–Crippen MR) is 137 cm³/mol. The third kappa shape index (κ3) is 5.23. The van der Waals surface area contributed by atoms with Crippen molar-refractivity contribution in [2.75, 3.05) is 0 Å². The molecular weight excluding hydrogens is 501 g/mol. The molecule has 7 nitrogen and oxygen atoms in total. The number of nitriles is 1. The molecule has 0 spiro atoms. The van der Waals surface area contributed by atoms with Crippen LogP contribution in [0.5, 0.6) is 0 Å². The van der Waals surface area contributed by atoms with Crippen LogP contribution in [0.4, 0.5) is 0 Å². The summed E-state index contributed by atoms with van der Waals surface area (Å²) in [4.78, 5) is 1.52. The van der Waals surface area contributed by atoms with Gasteiger partial charge in [0.25, 0.3) is 0 Å². The third-order valence-corrected chi connectivity index (χ3v) is 6.86. The molecule has 3 aromatic carbocycles. The van der Waals surface area contributed by atoms with Crippen molar-refractivity contribution in [3.63, 3.8) is 0 Å². The SMILES string of the molecule is N#Cc1ccc(Cn2nnc(-c3cnn(-c4ccc(Cl)cc4Cl)c3SCc3ccccc3)n2)cc1. The number of hydrogen-bond donors (Lipinski definition) is 0. The van der Waals surface area contributed by atoms with Gasteiger partial charge in [-0.25, -0.2) is 4.68 Å². The zero-order valence-corrected chi connectivity index (χ0v) is 20.5. The van der Waals surface area contributed by atoms with Gasteiger partial charge in [0, 0.05) is 10.8 Å². The molecular formula is C25H17Cl2N7S. The summed E-state index contributed by atoms with van der Waals surface area (Å²) < 4.78 is 1.78. The highest BCUT2D eigenvalue weighted by molar-refractivity contribution is 7.98. The molecule has 0 unspecified atom stereocenters. The van der Waals surface area contributed by atoms with Crippen LogP contribution < -0.4 is 0 Å². The summed E-state index contributed by atoms with van der Waals surface area (Å²) in [6, 6.07) is 24.9. The number of nitrogens with zero attached hydrogens (tertiary/aromatic N) is 7. The second-order valence-corrected chi connectivity index (χ2v) is 9.41. The van der Waals surface area contributed by atoms with E-state index in [-0.39, 0.29) is 0 Å². The highest BCUT2D eigenvalue weighted by Gasteiger charge is 2.20. The van der Waals surface area contributed by atoms with Gasteiger partial charge in [-0.3, -0.25) is 0 Å². The molecule has 0 fully saturated rings. The first-order valence-electron chi connectivity index (χ1n) is 10.6. The second-order valence-electron chi connectivity index (χ2n) is 7.60. The van der Waals surface area contributed by atoms with Crippen molar-refractivity contribution in [2.24, 2.45) is 0 Å². The minimum atomic E-state index is 0.433. The van der Waals surface area contributed by atoms with Crippen LogP contribution in [0.3, 0.4) is 0 Å². The Morgan fingerprint density at radius 1 is 0.943 bits per heavy atom. The molecule has 35 heavy (non-hydrogen) atoms. The highest BCUT2D eigenvalue weighted by atomic mass is 35.5. The van der Waals surface area contributed by atoms with E-state index in [0.29, 0.717) is 33.7 Å². The van der Waals surface area contributed by atoms with Crippen molar-refractivity contribution in [3.8, 4) is 23.1 Å². The third-order valence-electron chi connectivity index (χ3n) is 5.18.